The molecule has 1 saturated carbocycles. The van der Waals surface area contributed by atoms with Crippen LogP contribution in [0.5, 0.6) is 0 Å². The molecule has 2 fully saturated rings. The summed E-state index contributed by atoms with van der Waals surface area (Å²) in [5.74, 6) is -0.00478. The minimum absolute atomic E-state index is 0.0116. The van der Waals surface area contributed by atoms with Crippen molar-refractivity contribution in [2.75, 3.05) is 19.7 Å². The Bertz CT molecular complexity index is 596. The first kappa shape index (κ1) is 17.7. The molecule has 7 heteroatoms. The van der Waals surface area contributed by atoms with Gasteiger partial charge in [-0.1, -0.05) is 6.42 Å². The maximum atomic E-state index is 12.9. The Morgan fingerprint density at radius 1 is 1.12 bits per heavy atom. The first-order chi connectivity index (χ1) is 12.1. The van der Waals surface area contributed by atoms with Gasteiger partial charge < -0.3 is 10.2 Å². The zero-order valence-corrected chi connectivity index (χ0v) is 14.2. The standard InChI is InChI=1S/C18H24FN3O3/c19-15-6-4-14(5-7-15)17(23)20-16-8-10-22(11-9-16)18(24)21-25-12-13-2-1-3-13/h4-7,13,16H,1-3,8-12H2,(H,20,23)(H,21,24). The van der Waals surface area contributed by atoms with Crippen molar-refractivity contribution in [3.63, 3.8) is 0 Å². The van der Waals surface area contributed by atoms with Crippen molar-refractivity contribution >= 4 is 11.9 Å². The number of hydroxylamine groups is 1. The third-order valence-electron chi connectivity index (χ3n) is 4.93. The van der Waals surface area contributed by atoms with E-state index in [0.717, 1.165) is 0 Å². The first-order valence-electron chi connectivity index (χ1n) is 8.85. The lowest BCUT2D eigenvalue weighted by Gasteiger charge is -2.32. The van der Waals surface area contributed by atoms with Crippen LogP contribution in [0, 0.1) is 11.7 Å². The van der Waals surface area contributed by atoms with E-state index in [1.54, 1.807) is 4.90 Å². The van der Waals surface area contributed by atoms with Crippen molar-refractivity contribution in [3.8, 4) is 0 Å². The zero-order valence-electron chi connectivity index (χ0n) is 14.2. The summed E-state index contributed by atoms with van der Waals surface area (Å²) in [5, 5.41) is 2.94. The number of amides is 3. The van der Waals surface area contributed by atoms with Crippen molar-refractivity contribution in [1.29, 1.82) is 0 Å². The summed E-state index contributed by atoms with van der Waals surface area (Å²) >= 11 is 0. The van der Waals surface area contributed by atoms with Crippen LogP contribution in [0.15, 0.2) is 24.3 Å². The van der Waals surface area contributed by atoms with Crippen LogP contribution in [0.25, 0.3) is 0 Å². The summed E-state index contributed by atoms with van der Waals surface area (Å²) in [6.07, 6.45) is 4.97. The van der Waals surface area contributed by atoms with E-state index >= 15 is 0 Å². The van der Waals surface area contributed by atoms with Crippen molar-refractivity contribution in [3.05, 3.63) is 35.6 Å². The SMILES string of the molecule is O=C(NC1CCN(C(=O)NOCC2CCC2)CC1)c1ccc(F)cc1. The molecule has 2 N–H and O–H groups in total. The van der Waals surface area contributed by atoms with Gasteiger partial charge in [0.25, 0.3) is 5.91 Å². The number of benzene rings is 1. The Morgan fingerprint density at radius 3 is 2.40 bits per heavy atom. The maximum absolute atomic E-state index is 12.9. The summed E-state index contributed by atoms with van der Waals surface area (Å²) in [6, 6.07) is 5.26. The number of carbonyl (C=O) groups is 2. The Balaban J connectivity index is 1.36. The number of hydrogen-bond donors (Lipinski definition) is 2. The van der Waals surface area contributed by atoms with Crippen molar-refractivity contribution in [1.82, 2.24) is 15.7 Å². The molecule has 136 valence electrons. The lowest BCUT2D eigenvalue weighted by Crippen LogP contribution is -2.49. The van der Waals surface area contributed by atoms with Crippen molar-refractivity contribution < 1.29 is 18.8 Å². The van der Waals surface area contributed by atoms with Gasteiger partial charge in [-0.05, 0) is 55.9 Å². The van der Waals surface area contributed by atoms with Crippen LogP contribution < -0.4 is 10.8 Å². The molecule has 1 aliphatic carbocycles. The number of carbonyl (C=O) groups excluding carboxylic acids is 2. The third kappa shape index (κ3) is 4.92. The summed E-state index contributed by atoms with van der Waals surface area (Å²) < 4.78 is 12.9. The van der Waals surface area contributed by atoms with E-state index in [9.17, 15) is 14.0 Å². The molecular weight excluding hydrogens is 325 g/mol. The topological polar surface area (TPSA) is 70.7 Å². The summed E-state index contributed by atoms with van der Waals surface area (Å²) in [6.45, 7) is 1.70. The number of rotatable bonds is 5. The fourth-order valence-electron chi connectivity index (χ4n) is 3.04. The van der Waals surface area contributed by atoms with Crippen molar-refractivity contribution in [2.24, 2.45) is 5.92 Å². The fraction of sp³-hybridized carbons (Fsp3) is 0.556. The summed E-state index contributed by atoms with van der Waals surface area (Å²) in [5.41, 5.74) is 2.94. The average Bonchev–Trinajstić information content (AvgIpc) is 2.58. The van der Waals surface area contributed by atoms with Gasteiger partial charge in [0.05, 0.1) is 6.61 Å². The van der Waals surface area contributed by atoms with Crippen molar-refractivity contribution in [2.45, 2.75) is 38.1 Å². The minimum atomic E-state index is -0.365. The zero-order chi connectivity index (χ0) is 17.6. The van der Waals surface area contributed by atoms with Gasteiger partial charge in [0.15, 0.2) is 0 Å². The second kappa shape index (κ2) is 8.29. The molecule has 1 saturated heterocycles. The van der Waals surface area contributed by atoms with Crippen LogP contribution >= 0.6 is 0 Å². The summed E-state index contributed by atoms with van der Waals surface area (Å²) in [7, 11) is 0. The van der Waals surface area contributed by atoms with Gasteiger partial charge in [0.2, 0.25) is 0 Å². The number of nitrogens with zero attached hydrogens (tertiary/aromatic N) is 1. The molecule has 2 aliphatic rings. The molecule has 1 aromatic rings. The Kier molecular flexibility index (Phi) is 5.86. The Labute approximate surface area is 146 Å². The number of nitrogens with one attached hydrogen (secondary N) is 2. The smallest absolute Gasteiger partial charge is 0.341 e. The van der Waals surface area contributed by atoms with Gasteiger partial charge in [-0.2, -0.15) is 0 Å². The predicted molar refractivity (Wildman–Crippen MR) is 90.3 cm³/mol. The fourth-order valence-corrected chi connectivity index (χ4v) is 3.04. The van der Waals surface area contributed by atoms with E-state index in [-0.39, 0.29) is 23.8 Å². The summed E-state index contributed by atoms with van der Waals surface area (Å²) in [4.78, 5) is 31.1. The molecule has 1 aromatic carbocycles. The molecule has 3 amide bonds. The molecule has 1 heterocycles. The number of halogens is 1. The Morgan fingerprint density at radius 2 is 1.80 bits per heavy atom. The van der Waals surface area contributed by atoms with Gasteiger partial charge in [-0.25, -0.2) is 14.7 Å². The quantitative estimate of drug-likeness (QED) is 0.802. The number of piperidine rings is 1. The van der Waals surface area contributed by atoms with Gasteiger partial charge in [0, 0.05) is 24.7 Å². The molecule has 0 aromatic heterocycles. The molecule has 0 spiro atoms. The second-order valence-corrected chi connectivity index (χ2v) is 6.76. The van der Waals surface area contributed by atoms with E-state index < -0.39 is 0 Å². The maximum Gasteiger partial charge on any atom is 0.341 e. The minimum Gasteiger partial charge on any atom is -0.349 e. The van der Waals surface area contributed by atoms with E-state index in [0.29, 0.717) is 44.0 Å². The van der Waals surface area contributed by atoms with Crippen LogP contribution in [0.3, 0.4) is 0 Å². The van der Waals surface area contributed by atoms with Gasteiger partial charge >= 0.3 is 6.03 Å². The molecule has 25 heavy (non-hydrogen) atoms. The highest BCUT2D eigenvalue weighted by atomic mass is 19.1. The molecular formula is C18H24FN3O3. The second-order valence-electron chi connectivity index (χ2n) is 6.76. The highest BCUT2D eigenvalue weighted by molar-refractivity contribution is 5.94. The average molecular weight is 349 g/mol. The molecule has 6 nitrogen and oxygen atoms in total. The van der Waals surface area contributed by atoms with Gasteiger partial charge in [-0.3, -0.25) is 9.63 Å². The van der Waals surface area contributed by atoms with Crippen LogP contribution in [0.4, 0.5) is 9.18 Å². The molecule has 1 aliphatic heterocycles. The predicted octanol–water partition coefficient (Wildman–Crippen LogP) is 2.46. The van der Waals surface area contributed by atoms with Crippen LogP contribution in [0.2, 0.25) is 0 Å². The Hall–Kier alpha value is -2.15. The molecule has 3 rings (SSSR count). The molecule has 0 bridgehead atoms. The molecule has 0 unspecified atom stereocenters. The molecule has 0 atom stereocenters. The lowest BCUT2D eigenvalue weighted by molar-refractivity contribution is 0.00783. The van der Waals surface area contributed by atoms with E-state index in [2.05, 4.69) is 10.8 Å². The number of likely N-dealkylation sites (tertiary alicyclic amines) is 1. The van der Waals surface area contributed by atoms with Gasteiger partial charge in [0.1, 0.15) is 5.82 Å². The third-order valence-corrected chi connectivity index (χ3v) is 4.93. The van der Waals surface area contributed by atoms with Gasteiger partial charge in [-0.15, -0.1) is 0 Å². The monoisotopic (exact) mass is 349 g/mol. The highest BCUT2D eigenvalue weighted by Gasteiger charge is 2.25. The number of hydrogen-bond acceptors (Lipinski definition) is 3. The van der Waals surface area contributed by atoms with E-state index in [1.807, 2.05) is 0 Å². The van der Waals surface area contributed by atoms with Crippen LogP contribution in [0.1, 0.15) is 42.5 Å². The van der Waals surface area contributed by atoms with Crippen LogP contribution in [-0.4, -0.2) is 42.6 Å². The largest absolute Gasteiger partial charge is 0.349 e. The highest BCUT2D eigenvalue weighted by Crippen LogP contribution is 2.25. The van der Waals surface area contributed by atoms with E-state index in [1.165, 1.54) is 43.5 Å². The normalized spacial score (nSPS) is 18.5. The lowest BCUT2D eigenvalue weighted by atomic mass is 9.86. The first-order valence-corrected chi connectivity index (χ1v) is 8.85. The number of urea groups is 1. The van der Waals surface area contributed by atoms with Crippen LogP contribution in [-0.2, 0) is 4.84 Å². The van der Waals surface area contributed by atoms with E-state index in [4.69, 9.17) is 4.84 Å². The molecule has 0 radical (unpaired) electrons.